The first-order valence-corrected chi connectivity index (χ1v) is 5.53. The van der Waals surface area contributed by atoms with Crippen LogP contribution in [0.5, 0.6) is 0 Å². The number of ether oxygens (including phenoxy) is 1. The summed E-state index contributed by atoms with van der Waals surface area (Å²) in [6.45, 7) is 3.97. The number of nitrogens with zero attached hydrogens (tertiary/aromatic N) is 2. The van der Waals surface area contributed by atoms with Crippen LogP contribution < -0.4 is 11.3 Å². The van der Waals surface area contributed by atoms with E-state index in [2.05, 4.69) is 29.3 Å². The van der Waals surface area contributed by atoms with Crippen LogP contribution in [0.2, 0.25) is 0 Å². The Morgan fingerprint density at radius 3 is 2.80 bits per heavy atom. The zero-order valence-electron chi connectivity index (χ0n) is 10.1. The average molecular weight is 216 g/mol. The Labute approximate surface area is 92.5 Å². The molecule has 3 N–H and O–H groups in total. The Morgan fingerprint density at radius 1 is 1.47 bits per heavy atom. The largest absolute Gasteiger partial charge is 0.383 e. The van der Waals surface area contributed by atoms with Crippen LogP contribution in [0.4, 0.5) is 0 Å². The molecule has 0 spiro atoms. The van der Waals surface area contributed by atoms with Gasteiger partial charge in [-0.05, 0) is 33.6 Å². The molecule has 0 aromatic heterocycles. The lowest BCUT2D eigenvalue weighted by molar-refractivity contribution is 0.102. The molecule has 0 amide bonds. The summed E-state index contributed by atoms with van der Waals surface area (Å²) >= 11 is 0. The van der Waals surface area contributed by atoms with Gasteiger partial charge in [-0.3, -0.25) is 11.3 Å². The Kier molecular flexibility index (Phi) is 5.49. The van der Waals surface area contributed by atoms with Gasteiger partial charge in [0.25, 0.3) is 0 Å². The van der Waals surface area contributed by atoms with E-state index in [1.54, 1.807) is 7.11 Å². The molecule has 15 heavy (non-hydrogen) atoms. The maximum absolute atomic E-state index is 5.57. The SMILES string of the molecule is COCC(NN)C1CN(C)CCCN1C. The highest BCUT2D eigenvalue weighted by Gasteiger charge is 2.27. The average Bonchev–Trinajstić information content (AvgIpc) is 2.37. The highest BCUT2D eigenvalue weighted by Crippen LogP contribution is 2.10. The molecule has 5 heteroatoms. The molecule has 0 aromatic rings. The van der Waals surface area contributed by atoms with Gasteiger partial charge in [0.05, 0.1) is 12.6 Å². The van der Waals surface area contributed by atoms with Gasteiger partial charge in [-0.25, -0.2) is 0 Å². The van der Waals surface area contributed by atoms with Crippen molar-refractivity contribution in [2.75, 3.05) is 47.4 Å². The monoisotopic (exact) mass is 216 g/mol. The van der Waals surface area contributed by atoms with Gasteiger partial charge in [-0.1, -0.05) is 0 Å². The van der Waals surface area contributed by atoms with Crippen molar-refractivity contribution in [3.05, 3.63) is 0 Å². The second-order valence-corrected chi connectivity index (χ2v) is 4.39. The summed E-state index contributed by atoms with van der Waals surface area (Å²) < 4.78 is 5.18. The van der Waals surface area contributed by atoms with Gasteiger partial charge in [-0.2, -0.15) is 0 Å². The molecule has 90 valence electrons. The maximum atomic E-state index is 5.57. The number of hydrazine groups is 1. The number of hydrogen-bond acceptors (Lipinski definition) is 5. The fraction of sp³-hybridized carbons (Fsp3) is 1.00. The Hall–Kier alpha value is -0.200. The molecule has 1 rings (SSSR count). The molecular formula is C10H24N4O. The van der Waals surface area contributed by atoms with E-state index < -0.39 is 0 Å². The van der Waals surface area contributed by atoms with Crippen molar-refractivity contribution in [2.45, 2.75) is 18.5 Å². The quantitative estimate of drug-likeness (QED) is 0.471. The van der Waals surface area contributed by atoms with E-state index in [0.717, 1.165) is 19.6 Å². The molecule has 1 heterocycles. The van der Waals surface area contributed by atoms with Crippen molar-refractivity contribution in [2.24, 2.45) is 5.84 Å². The van der Waals surface area contributed by atoms with Crippen LogP contribution in [0, 0.1) is 0 Å². The van der Waals surface area contributed by atoms with Crippen LogP contribution in [0.3, 0.4) is 0 Å². The van der Waals surface area contributed by atoms with Crippen LogP contribution in [-0.2, 0) is 4.74 Å². The highest BCUT2D eigenvalue weighted by molar-refractivity contribution is 4.86. The first-order chi connectivity index (χ1) is 7.19. The van der Waals surface area contributed by atoms with E-state index in [1.807, 2.05) is 0 Å². The van der Waals surface area contributed by atoms with Gasteiger partial charge in [0.1, 0.15) is 0 Å². The number of hydrogen-bond donors (Lipinski definition) is 2. The summed E-state index contributed by atoms with van der Waals surface area (Å²) in [5, 5.41) is 0. The molecule has 1 saturated heterocycles. The molecule has 1 fully saturated rings. The third kappa shape index (κ3) is 3.70. The van der Waals surface area contributed by atoms with Crippen LogP contribution in [0.1, 0.15) is 6.42 Å². The smallest absolute Gasteiger partial charge is 0.0645 e. The summed E-state index contributed by atoms with van der Waals surface area (Å²) in [6.07, 6.45) is 1.22. The van der Waals surface area contributed by atoms with Crippen molar-refractivity contribution < 1.29 is 4.74 Å². The van der Waals surface area contributed by atoms with Gasteiger partial charge in [-0.15, -0.1) is 0 Å². The maximum Gasteiger partial charge on any atom is 0.0645 e. The van der Waals surface area contributed by atoms with Gasteiger partial charge < -0.3 is 14.5 Å². The molecular weight excluding hydrogens is 192 g/mol. The number of nitrogens with one attached hydrogen (secondary N) is 1. The molecule has 2 unspecified atom stereocenters. The predicted octanol–water partition coefficient (Wildman–Crippen LogP) is -0.899. The zero-order valence-corrected chi connectivity index (χ0v) is 10.1. The van der Waals surface area contributed by atoms with Crippen LogP contribution in [0.25, 0.3) is 0 Å². The standard InChI is InChI=1S/C10H24N4O/c1-13-5-4-6-14(2)10(7-13)9(12-11)8-15-3/h9-10,12H,4-8,11H2,1-3H3. The fourth-order valence-electron chi connectivity index (χ4n) is 2.19. The van der Waals surface area contributed by atoms with Gasteiger partial charge in [0.15, 0.2) is 0 Å². The third-order valence-corrected chi connectivity index (χ3v) is 3.14. The van der Waals surface area contributed by atoms with Crippen molar-refractivity contribution in [3.8, 4) is 0 Å². The van der Waals surface area contributed by atoms with E-state index in [-0.39, 0.29) is 6.04 Å². The lowest BCUT2D eigenvalue weighted by Crippen LogP contribution is -2.56. The van der Waals surface area contributed by atoms with Crippen molar-refractivity contribution in [1.29, 1.82) is 0 Å². The van der Waals surface area contributed by atoms with E-state index in [0.29, 0.717) is 12.6 Å². The van der Waals surface area contributed by atoms with E-state index in [4.69, 9.17) is 10.6 Å². The summed E-state index contributed by atoms with van der Waals surface area (Å²) in [7, 11) is 6.03. The molecule has 5 nitrogen and oxygen atoms in total. The number of rotatable bonds is 4. The molecule has 0 aliphatic carbocycles. The summed E-state index contributed by atoms with van der Waals surface area (Å²) in [5.74, 6) is 5.57. The Bertz CT molecular complexity index is 179. The highest BCUT2D eigenvalue weighted by atomic mass is 16.5. The second-order valence-electron chi connectivity index (χ2n) is 4.39. The molecule has 2 atom stereocenters. The van der Waals surface area contributed by atoms with Crippen LogP contribution >= 0.6 is 0 Å². The zero-order chi connectivity index (χ0) is 11.3. The van der Waals surface area contributed by atoms with Gasteiger partial charge in [0, 0.05) is 19.7 Å². The van der Waals surface area contributed by atoms with E-state index in [1.165, 1.54) is 6.42 Å². The first-order valence-electron chi connectivity index (χ1n) is 5.53. The van der Waals surface area contributed by atoms with Crippen LogP contribution in [0.15, 0.2) is 0 Å². The fourth-order valence-corrected chi connectivity index (χ4v) is 2.19. The molecule has 0 bridgehead atoms. The topological polar surface area (TPSA) is 53.8 Å². The van der Waals surface area contributed by atoms with E-state index in [9.17, 15) is 0 Å². The molecule has 0 saturated carbocycles. The van der Waals surface area contributed by atoms with Crippen molar-refractivity contribution in [1.82, 2.24) is 15.2 Å². The minimum atomic E-state index is 0.195. The number of nitrogens with two attached hydrogens (primary N) is 1. The van der Waals surface area contributed by atoms with Crippen LogP contribution in [-0.4, -0.2) is 69.3 Å². The number of likely N-dealkylation sites (N-methyl/N-ethyl adjacent to an activating group) is 2. The summed E-state index contributed by atoms with van der Waals surface area (Å²) in [4.78, 5) is 4.72. The van der Waals surface area contributed by atoms with Crippen molar-refractivity contribution in [3.63, 3.8) is 0 Å². The summed E-state index contributed by atoms with van der Waals surface area (Å²) in [6, 6.07) is 0.614. The first kappa shape index (κ1) is 12.9. The minimum absolute atomic E-state index is 0.195. The Balaban J connectivity index is 2.60. The predicted molar refractivity (Wildman–Crippen MR) is 61.5 cm³/mol. The third-order valence-electron chi connectivity index (χ3n) is 3.14. The van der Waals surface area contributed by atoms with Crippen molar-refractivity contribution >= 4 is 0 Å². The molecule has 0 radical (unpaired) electrons. The minimum Gasteiger partial charge on any atom is -0.383 e. The second kappa shape index (κ2) is 6.40. The lowest BCUT2D eigenvalue weighted by Gasteiger charge is -2.33. The lowest BCUT2D eigenvalue weighted by atomic mass is 10.1. The summed E-state index contributed by atoms with van der Waals surface area (Å²) in [5.41, 5.74) is 2.86. The molecule has 1 aliphatic rings. The van der Waals surface area contributed by atoms with Gasteiger partial charge in [0.2, 0.25) is 0 Å². The van der Waals surface area contributed by atoms with E-state index >= 15 is 0 Å². The normalized spacial score (nSPS) is 27.6. The molecule has 0 aromatic carbocycles. The Morgan fingerprint density at radius 2 is 2.20 bits per heavy atom. The molecule has 1 aliphatic heterocycles. The van der Waals surface area contributed by atoms with Gasteiger partial charge >= 0.3 is 0 Å². The number of methoxy groups -OCH3 is 1.